The Kier molecular flexibility index (Phi) is 4.01. The van der Waals surface area contributed by atoms with Gasteiger partial charge in [0.25, 0.3) is 0 Å². The molecule has 0 spiro atoms. The van der Waals surface area contributed by atoms with Crippen molar-refractivity contribution in [1.82, 2.24) is 0 Å². The van der Waals surface area contributed by atoms with Gasteiger partial charge in [-0.25, -0.2) is 4.79 Å². The lowest BCUT2D eigenvalue weighted by Gasteiger charge is -2.00. The molecule has 0 saturated carbocycles. The van der Waals surface area contributed by atoms with E-state index in [4.69, 9.17) is 14.7 Å². The minimum absolute atomic E-state index is 0.0925. The van der Waals surface area contributed by atoms with Gasteiger partial charge in [0.05, 0.1) is 18.6 Å². The number of ether oxygens (including phenoxy) is 2. The first-order valence-electron chi connectivity index (χ1n) is 5.67. The molecule has 1 heterocycles. The Morgan fingerprint density at radius 3 is 2.89 bits per heavy atom. The van der Waals surface area contributed by atoms with Gasteiger partial charge in [-0.15, -0.1) is 11.3 Å². The van der Waals surface area contributed by atoms with E-state index >= 15 is 0 Å². The lowest BCUT2D eigenvalue weighted by atomic mass is 10.2. The van der Waals surface area contributed by atoms with E-state index in [0.717, 1.165) is 10.1 Å². The van der Waals surface area contributed by atoms with E-state index in [2.05, 4.69) is 5.16 Å². The van der Waals surface area contributed by atoms with Crippen LogP contribution in [0.1, 0.15) is 11.8 Å². The van der Waals surface area contributed by atoms with Crippen molar-refractivity contribution in [3.05, 3.63) is 29.1 Å². The minimum Gasteiger partial charge on any atom is -0.496 e. The van der Waals surface area contributed by atoms with Crippen molar-refractivity contribution in [2.45, 2.75) is 6.92 Å². The molecule has 19 heavy (non-hydrogen) atoms. The van der Waals surface area contributed by atoms with Crippen molar-refractivity contribution in [1.29, 1.82) is 0 Å². The Hall–Kier alpha value is -2.08. The van der Waals surface area contributed by atoms with Gasteiger partial charge in [-0.05, 0) is 25.1 Å². The summed E-state index contributed by atoms with van der Waals surface area (Å²) in [5.74, 6) is 0.0664. The molecular formula is C13H13NO4S. The quantitative estimate of drug-likeness (QED) is 0.404. The standard InChI is InChI=1S/C13H13NO4S/c1-3-18-13(15)12(14-16)11-7-8-9(17-2)5-4-6-10(8)19-11/h4-7,16H,3H2,1-2H3/b14-12+. The maximum Gasteiger partial charge on any atom is 0.361 e. The third-order valence-electron chi connectivity index (χ3n) is 2.54. The molecule has 2 aromatic rings. The number of hydrogen-bond acceptors (Lipinski definition) is 6. The van der Waals surface area contributed by atoms with Gasteiger partial charge < -0.3 is 14.7 Å². The van der Waals surface area contributed by atoms with Crippen LogP contribution in [-0.2, 0) is 9.53 Å². The van der Waals surface area contributed by atoms with Crippen LogP contribution in [0.25, 0.3) is 10.1 Å². The number of benzene rings is 1. The average Bonchev–Trinajstić information content (AvgIpc) is 2.83. The van der Waals surface area contributed by atoms with Crippen LogP contribution in [0.5, 0.6) is 5.75 Å². The zero-order chi connectivity index (χ0) is 13.8. The summed E-state index contributed by atoms with van der Waals surface area (Å²) in [5.41, 5.74) is -0.0925. The summed E-state index contributed by atoms with van der Waals surface area (Å²) in [5, 5.41) is 12.9. The van der Waals surface area contributed by atoms with E-state index in [9.17, 15) is 4.79 Å². The smallest absolute Gasteiger partial charge is 0.361 e. The predicted octanol–water partition coefficient (Wildman–Crippen LogP) is 2.65. The Bertz CT molecular complexity index is 633. The zero-order valence-corrected chi connectivity index (χ0v) is 11.4. The molecule has 0 aliphatic rings. The van der Waals surface area contributed by atoms with E-state index in [1.807, 2.05) is 18.2 Å². The summed E-state index contributed by atoms with van der Waals surface area (Å²) in [7, 11) is 1.58. The minimum atomic E-state index is -0.643. The molecule has 0 fully saturated rings. The molecule has 6 heteroatoms. The van der Waals surface area contributed by atoms with Crippen LogP contribution in [0, 0.1) is 0 Å². The number of carbonyl (C=O) groups is 1. The molecule has 0 unspecified atom stereocenters. The van der Waals surface area contributed by atoms with Gasteiger partial charge in [-0.1, -0.05) is 11.2 Å². The van der Waals surface area contributed by atoms with Crippen LogP contribution in [0.3, 0.4) is 0 Å². The van der Waals surface area contributed by atoms with Crippen LogP contribution < -0.4 is 4.74 Å². The van der Waals surface area contributed by atoms with Gasteiger partial charge in [0, 0.05) is 10.1 Å². The van der Waals surface area contributed by atoms with Crippen LogP contribution in [0.2, 0.25) is 0 Å². The lowest BCUT2D eigenvalue weighted by Crippen LogP contribution is -2.17. The van der Waals surface area contributed by atoms with Gasteiger partial charge in [-0.2, -0.15) is 0 Å². The monoisotopic (exact) mass is 279 g/mol. The number of oxime groups is 1. The summed E-state index contributed by atoms with van der Waals surface area (Å²) in [6.07, 6.45) is 0. The summed E-state index contributed by atoms with van der Waals surface area (Å²) >= 11 is 1.34. The molecule has 1 aromatic carbocycles. The third kappa shape index (κ3) is 2.53. The van der Waals surface area contributed by atoms with Crippen LogP contribution in [0.15, 0.2) is 29.4 Å². The summed E-state index contributed by atoms with van der Waals surface area (Å²) < 4.78 is 11.0. The number of methoxy groups -OCH3 is 1. The first-order valence-corrected chi connectivity index (χ1v) is 6.49. The normalized spacial score (nSPS) is 11.6. The summed E-state index contributed by atoms with van der Waals surface area (Å²) in [4.78, 5) is 12.2. The van der Waals surface area contributed by atoms with E-state index < -0.39 is 5.97 Å². The molecular weight excluding hydrogens is 266 g/mol. The largest absolute Gasteiger partial charge is 0.496 e. The van der Waals surface area contributed by atoms with E-state index in [1.165, 1.54) is 11.3 Å². The average molecular weight is 279 g/mol. The van der Waals surface area contributed by atoms with Gasteiger partial charge in [-0.3, -0.25) is 0 Å². The fraction of sp³-hybridized carbons (Fsp3) is 0.231. The van der Waals surface area contributed by atoms with Crippen molar-refractivity contribution in [2.24, 2.45) is 5.16 Å². The zero-order valence-electron chi connectivity index (χ0n) is 10.5. The molecule has 0 amide bonds. The molecule has 1 aromatic heterocycles. The summed E-state index contributed by atoms with van der Waals surface area (Å²) in [6.45, 7) is 1.92. The van der Waals surface area contributed by atoms with Gasteiger partial charge >= 0.3 is 5.97 Å². The summed E-state index contributed by atoms with van der Waals surface area (Å²) in [6, 6.07) is 7.36. The Morgan fingerprint density at radius 2 is 2.26 bits per heavy atom. The molecule has 0 saturated heterocycles. The maximum absolute atomic E-state index is 11.7. The van der Waals surface area contributed by atoms with Crippen molar-refractivity contribution < 1.29 is 19.5 Å². The topological polar surface area (TPSA) is 68.1 Å². The predicted molar refractivity (Wildman–Crippen MR) is 73.3 cm³/mol. The molecule has 100 valence electrons. The number of rotatable bonds is 4. The number of hydrogen-bond donors (Lipinski definition) is 1. The first kappa shape index (κ1) is 13.4. The highest BCUT2D eigenvalue weighted by Gasteiger charge is 2.19. The molecule has 0 bridgehead atoms. The van der Waals surface area contributed by atoms with Crippen LogP contribution in [-0.4, -0.2) is 30.6 Å². The maximum atomic E-state index is 11.7. The third-order valence-corrected chi connectivity index (χ3v) is 3.65. The van der Waals surface area contributed by atoms with Crippen molar-refractivity contribution in [2.75, 3.05) is 13.7 Å². The molecule has 0 aliphatic heterocycles. The van der Waals surface area contributed by atoms with Gasteiger partial charge in [0.15, 0.2) is 0 Å². The van der Waals surface area contributed by atoms with Crippen molar-refractivity contribution >= 4 is 33.1 Å². The van der Waals surface area contributed by atoms with Gasteiger partial charge in [0.1, 0.15) is 5.75 Å². The van der Waals surface area contributed by atoms with E-state index in [0.29, 0.717) is 10.6 Å². The molecule has 0 aliphatic carbocycles. The Labute approximate surface area is 114 Å². The van der Waals surface area contributed by atoms with E-state index in [-0.39, 0.29) is 12.3 Å². The van der Waals surface area contributed by atoms with Crippen LogP contribution >= 0.6 is 11.3 Å². The Morgan fingerprint density at radius 1 is 1.47 bits per heavy atom. The second kappa shape index (κ2) is 5.71. The van der Waals surface area contributed by atoms with E-state index in [1.54, 1.807) is 20.1 Å². The SMILES string of the molecule is CCOC(=O)/C(=N/O)c1cc2c(OC)cccc2s1. The second-order valence-electron chi connectivity index (χ2n) is 3.65. The number of thiophene rings is 1. The molecule has 1 N–H and O–H groups in total. The molecule has 5 nitrogen and oxygen atoms in total. The lowest BCUT2D eigenvalue weighted by molar-refractivity contribution is -0.135. The number of nitrogens with zero attached hydrogens (tertiary/aromatic N) is 1. The first-order chi connectivity index (χ1) is 9.21. The number of fused-ring (bicyclic) bond motifs is 1. The fourth-order valence-electron chi connectivity index (χ4n) is 1.72. The number of esters is 1. The van der Waals surface area contributed by atoms with Crippen molar-refractivity contribution in [3.63, 3.8) is 0 Å². The molecule has 0 atom stereocenters. The highest BCUT2D eigenvalue weighted by molar-refractivity contribution is 7.21. The van der Waals surface area contributed by atoms with Crippen molar-refractivity contribution in [3.8, 4) is 5.75 Å². The fourth-order valence-corrected chi connectivity index (χ4v) is 2.77. The van der Waals surface area contributed by atoms with Gasteiger partial charge in [0.2, 0.25) is 5.71 Å². The molecule has 0 radical (unpaired) electrons. The second-order valence-corrected chi connectivity index (χ2v) is 4.74. The Balaban J connectivity index is 2.48. The molecule has 2 rings (SSSR count). The van der Waals surface area contributed by atoms with Crippen LogP contribution in [0.4, 0.5) is 0 Å². The highest BCUT2D eigenvalue weighted by atomic mass is 32.1. The highest BCUT2D eigenvalue weighted by Crippen LogP contribution is 2.33. The number of carbonyl (C=O) groups excluding carboxylic acids is 1.